The quantitative estimate of drug-likeness (QED) is 0.682. The van der Waals surface area contributed by atoms with Gasteiger partial charge in [0.2, 0.25) is 0 Å². The Bertz CT molecular complexity index is 619. The van der Waals surface area contributed by atoms with Crippen molar-refractivity contribution in [2.75, 3.05) is 0 Å². The second-order valence-corrected chi connectivity index (χ2v) is 4.24. The first-order valence-electron chi connectivity index (χ1n) is 6.22. The zero-order valence-corrected chi connectivity index (χ0v) is 11.2. The van der Waals surface area contributed by atoms with Crippen LogP contribution in [0.1, 0.15) is 22.8 Å². The normalized spacial score (nSPS) is 11.6. The highest BCUT2D eigenvalue weighted by atomic mass is 16.2. The van der Waals surface area contributed by atoms with Gasteiger partial charge in [0.15, 0.2) is 0 Å². The van der Waals surface area contributed by atoms with E-state index in [-0.39, 0.29) is 5.91 Å². The summed E-state index contributed by atoms with van der Waals surface area (Å²) in [5, 5.41) is 3.92. The zero-order valence-electron chi connectivity index (χ0n) is 11.2. The Kier molecular flexibility index (Phi) is 4.78. The van der Waals surface area contributed by atoms with Gasteiger partial charge in [-0.1, -0.05) is 36.4 Å². The lowest BCUT2D eigenvalue weighted by Gasteiger charge is -1.98. The van der Waals surface area contributed by atoms with E-state index in [1.165, 1.54) is 6.20 Å². The van der Waals surface area contributed by atoms with Crippen molar-refractivity contribution in [3.05, 3.63) is 71.6 Å². The summed E-state index contributed by atoms with van der Waals surface area (Å²) in [7, 11) is 0. The van der Waals surface area contributed by atoms with E-state index >= 15 is 0 Å². The van der Waals surface area contributed by atoms with Gasteiger partial charge in [0.05, 0.1) is 11.8 Å². The summed E-state index contributed by atoms with van der Waals surface area (Å²) in [5.41, 5.74) is 4.99. The fourth-order valence-corrected chi connectivity index (χ4v) is 1.60. The monoisotopic (exact) mass is 265 g/mol. The minimum absolute atomic E-state index is 0.276. The summed E-state index contributed by atoms with van der Waals surface area (Å²) < 4.78 is 0. The van der Waals surface area contributed by atoms with Crippen molar-refractivity contribution in [2.24, 2.45) is 5.10 Å². The molecule has 1 aromatic carbocycles. The minimum atomic E-state index is -0.276. The Labute approximate surface area is 117 Å². The second-order valence-electron chi connectivity index (χ2n) is 4.24. The summed E-state index contributed by atoms with van der Waals surface area (Å²) in [5.74, 6) is -0.276. The van der Waals surface area contributed by atoms with Crippen molar-refractivity contribution in [1.29, 1.82) is 0 Å². The lowest BCUT2D eigenvalue weighted by Crippen LogP contribution is -2.17. The highest BCUT2D eigenvalue weighted by molar-refractivity contribution is 5.94. The number of carbonyl (C=O) groups excluding carboxylic acids is 1. The Balaban J connectivity index is 1.94. The van der Waals surface area contributed by atoms with E-state index in [2.05, 4.69) is 15.5 Å². The van der Waals surface area contributed by atoms with Gasteiger partial charge in [0.25, 0.3) is 5.91 Å². The van der Waals surface area contributed by atoms with Crippen LogP contribution < -0.4 is 5.43 Å². The van der Waals surface area contributed by atoms with Crippen molar-refractivity contribution in [2.45, 2.75) is 6.92 Å². The van der Waals surface area contributed by atoms with Crippen LogP contribution in [0.25, 0.3) is 6.08 Å². The van der Waals surface area contributed by atoms with Crippen molar-refractivity contribution in [3.8, 4) is 0 Å². The number of hydrogen-bond acceptors (Lipinski definition) is 3. The maximum absolute atomic E-state index is 11.7. The van der Waals surface area contributed by atoms with Gasteiger partial charge in [0.1, 0.15) is 0 Å². The molecule has 0 aliphatic heterocycles. The lowest BCUT2D eigenvalue weighted by molar-refractivity contribution is 0.0955. The first-order chi connectivity index (χ1) is 9.75. The Morgan fingerprint density at radius 2 is 2.00 bits per heavy atom. The Morgan fingerprint density at radius 3 is 2.70 bits per heavy atom. The highest BCUT2D eigenvalue weighted by Crippen LogP contribution is 2.04. The molecule has 1 aromatic heterocycles. The van der Waals surface area contributed by atoms with E-state index in [0.29, 0.717) is 5.56 Å². The highest BCUT2D eigenvalue weighted by Gasteiger charge is 2.01. The van der Waals surface area contributed by atoms with Crippen molar-refractivity contribution in [1.82, 2.24) is 10.4 Å². The summed E-state index contributed by atoms with van der Waals surface area (Å²) in [6, 6.07) is 13.3. The first kappa shape index (κ1) is 13.7. The van der Waals surface area contributed by atoms with Gasteiger partial charge in [-0.25, -0.2) is 5.43 Å². The van der Waals surface area contributed by atoms with E-state index in [9.17, 15) is 4.79 Å². The fourth-order valence-electron chi connectivity index (χ4n) is 1.60. The zero-order chi connectivity index (χ0) is 14.2. The molecule has 2 rings (SSSR count). The molecule has 4 nitrogen and oxygen atoms in total. The third kappa shape index (κ3) is 4.17. The SMILES string of the molecule is C/C(C=NNC(=O)c1cccnc1)=C\c1ccccc1. The number of hydrogen-bond donors (Lipinski definition) is 1. The maximum Gasteiger partial charge on any atom is 0.272 e. The van der Waals surface area contributed by atoms with Gasteiger partial charge in [-0.15, -0.1) is 0 Å². The van der Waals surface area contributed by atoms with E-state index in [1.807, 2.05) is 43.3 Å². The van der Waals surface area contributed by atoms with Crippen LogP contribution in [0, 0.1) is 0 Å². The number of allylic oxidation sites excluding steroid dienone is 1. The molecule has 0 radical (unpaired) electrons. The molecule has 20 heavy (non-hydrogen) atoms. The summed E-state index contributed by atoms with van der Waals surface area (Å²) in [4.78, 5) is 15.6. The molecule has 0 saturated carbocycles. The summed E-state index contributed by atoms with van der Waals surface area (Å²) in [6.45, 7) is 1.92. The van der Waals surface area contributed by atoms with E-state index < -0.39 is 0 Å². The van der Waals surface area contributed by atoms with Gasteiger partial charge >= 0.3 is 0 Å². The fraction of sp³-hybridized carbons (Fsp3) is 0.0625. The molecular weight excluding hydrogens is 250 g/mol. The first-order valence-corrected chi connectivity index (χ1v) is 6.22. The molecule has 0 atom stereocenters. The predicted octanol–water partition coefficient (Wildman–Crippen LogP) is 2.90. The molecule has 4 heteroatoms. The molecular formula is C16H15N3O. The molecule has 2 aromatic rings. The van der Waals surface area contributed by atoms with Crippen LogP contribution in [0.3, 0.4) is 0 Å². The smallest absolute Gasteiger partial charge is 0.267 e. The topological polar surface area (TPSA) is 54.4 Å². The Hall–Kier alpha value is -2.75. The molecule has 0 saturated heterocycles. The van der Waals surface area contributed by atoms with Crippen molar-refractivity contribution in [3.63, 3.8) is 0 Å². The van der Waals surface area contributed by atoms with Gasteiger partial charge in [-0.3, -0.25) is 9.78 Å². The van der Waals surface area contributed by atoms with Crippen LogP contribution in [-0.2, 0) is 0 Å². The predicted molar refractivity (Wildman–Crippen MR) is 80.3 cm³/mol. The van der Waals surface area contributed by atoms with E-state index in [0.717, 1.165) is 11.1 Å². The van der Waals surface area contributed by atoms with Crippen molar-refractivity contribution < 1.29 is 4.79 Å². The maximum atomic E-state index is 11.7. The number of aromatic nitrogens is 1. The largest absolute Gasteiger partial charge is 0.272 e. The Morgan fingerprint density at radius 1 is 1.20 bits per heavy atom. The second kappa shape index (κ2) is 6.99. The number of rotatable bonds is 4. The van der Waals surface area contributed by atoms with Gasteiger partial charge in [-0.05, 0) is 30.2 Å². The van der Waals surface area contributed by atoms with Gasteiger partial charge in [-0.2, -0.15) is 5.10 Å². The standard InChI is InChI=1S/C16H15N3O/c1-13(10-14-6-3-2-4-7-14)11-18-19-16(20)15-8-5-9-17-12-15/h2-12H,1H3,(H,19,20)/b13-10+,18-11?. The molecule has 1 heterocycles. The van der Waals surface area contributed by atoms with Gasteiger partial charge in [0, 0.05) is 12.4 Å². The van der Waals surface area contributed by atoms with Crippen LogP contribution in [0.4, 0.5) is 0 Å². The number of hydrazone groups is 1. The number of pyridine rings is 1. The third-order valence-corrected chi connectivity index (χ3v) is 2.55. The number of nitrogens with one attached hydrogen (secondary N) is 1. The molecule has 0 unspecified atom stereocenters. The number of carbonyl (C=O) groups is 1. The van der Waals surface area contributed by atoms with Crippen LogP contribution in [0.5, 0.6) is 0 Å². The van der Waals surface area contributed by atoms with Crippen LogP contribution in [0.15, 0.2) is 65.5 Å². The summed E-state index contributed by atoms with van der Waals surface area (Å²) in [6.07, 6.45) is 6.71. The van der Waals surface area contributed by atoms with E-state index in [1.54, 1.807) is 24.5 Å². The molecule has 1 amide bonds. The van der Waals surface area contributed by atoms with Crippen molar-refractivity contribution >= 4 is 18.2 Å². The number of nitrogens with zero attached hydrogens (tertiary/aromatic N) is 2. The average Bonchev–Trinajstić information content (AvgIpc) is 2.49. The van der Waals surface area contributed by atoms with Crippen LogP contribution in [0.2, 0.25) is 0 Å². The van der Waals surface area contributed by atoms with Gasteiger partial charge < -0.3 is 0 Å². The molecule has 0 fully saturated rings. The lowest BCUT2D eigenvalue weighted by atomic mass is 10.1. The van der Waals surface area contributed by atoms with E-state index in [4.69, 9.17) is 0 Å². The van der Waals surface area contributed by atoms with Crippen LogP contribution >= 0.6 is 0 Å². The molecule has 0 bridgehead atoms. The third-order valence-electron chi connectivity index (χ3n) is 2.55. The molecule has 0 aliphatic rings. The number of benzene rings is 1. The number of amides is 1. The molecule has 100 valence electrons. The minimum Gasteiger partial charge on any atom is -0.267 e. The molecule has 1 N–H and O–H groups in total. The van der Waals surface area contributed by atoms with Crippen LogP contribution in [-0.4, -0.2) is 17.1 Å². The average molecular weight is 265 g/mol. The summed E-state index contributed by atoms with van der Waals surface area (Å²) >= 11 is 0. The molecule has 0 aliphatic carbocycles. The molecule has 0 spiro atoms.